The summed E-state index contributed by atoms with van der Waals surface area (Å²) >= 11 is 1.08. The lowest BCUT2D eigenvalue weighted by Crippen LogP contribution is -2.28. The largest absolute Gasteiger partial charge is 0.497 e. The first-order chi connectivity index (χ1) is 21.1. The molecule has 1 aliphatic rings. The zero-order chi connectivity index (χ0) is 31.0. The smallest absolute Gasteiger partial charge is 0.262 e. The van der Waals surface area contributed by atoms with Gasteiger partial charge in [-0.3, -0.25) is 9.59 Å². The molecule has 14 heteroatoms. The van der Waals surface area contributed by atoms with Crippen LogP contribution in [0.4, 0.5) is 0 Å². The van der Waals surface area contributed by atoms with Crippen LogP contribution in [-0.4, -0.2) is 57.7 Å². The summed E-state index contributed by atoms with van der Waals surface area (Å²) in [6.45, 7) is 2.01. The molecule has 3 heterocycles. The lowest BCUT2D eigenvalue weighted by molar-refractivity contribution is -0.130. The summed E-state index contributed by atoms with van der Waals surface area (Å²) in [5, 5.41) is 16.2. The SMILES string of the molecule is COc1ccc(C2=NN(C(=O)CSc3nc4c(cnn4-c4ccc(S(N)(=O)=O)cc4)c(=O)[nH]3)C(c3ccc(C)cc3)C2)cc1. The van der Waals surface area contributed by atoms with E-state index in [4.69, 9.17) is 15.0 Å². The van der Waals surface area contributed by atoms with Crippen LogP contribution >= 0.6 is 11.8 Å². The van der Waals surface area contributed by atoms with E-state index in [1.807, 2.05) is 55.5 Å². The highest BCUT2D eigenvalue weighted by atomic mass is 32.2. The minimum Gasteiger partial charge on any atom is -0.497 e. The number of aromatic nitrogens is 4. The maximum absolute atomic E-state index is 13.6. The van der Waals surface area contributed by atoms with Gasteiger partial charge in [0, 0.05) is 6.42 Å². The molecule has 1 aliphatic heterocycles. The summed E-state index contributed by atoms with van der Waals surface area (Å²) in [6, 6.07) is 21.0. The Labute approximate surface area is 256 Å². The van der Waals surface area contributed by atoms with E-state index in [9.17, 15) is 18.0 Å². The summed E-state index contributed by atoms with van der Waals surface area (Å²) in [4.78, 5) is 33.7. The van der Waals surface area contributed by atoms with Crippen LogP contribution in [-0.2, 0) is 14.8 Å². The number of aromatic amines is 1. The number of hydrazone groups is 1. The molecular formula is C30H27N7O5S2. The molecule has 0 bridgehead atoms. The molecule has 224 valence electrons. The van der Waals surface area contributed by atoms with Gasteiger partial charge in [-0.1, -0.05) is 41.6 Å². The molecule has 0 aliphatic carbocycles. The van der Waals surface area contributed by atoms with Crippen molar-refractivity contribution in [2.45, 2.75) is 29.4 Å². The van der Waals surface area contributed by atoms with Gasteiger partial charge in [0.1, 0.15) is 11.1 Å². The third kappa shape index (κ3) is 5.86. The summed E-state index contributed by atoms with van der Waals surface area (Å²) in [7, 11) is -2.26. The topological polar surface area (TPSA) is 166 Å². The minimum absolute atomic E-state index is 0.0343. The molecule has 2 aromatic heterocycles. The second-order valence-corrected chi connectivity index (χ2v) is 12.7. The fraction of sp³-hybridized carbons (Fsp3) is 0.167. The molecule has 0 saturated heterocycles. The van der Waals surface area contributed by atoms with Gasteiger partial charge in [-0.25, -0.2) is 28.2 Å². The number of nitrogens with zero attached hydrogens (tertiary/aromatic N) is 5. The number of H-pyrrole nitrogens is 1. The van der Waals surface area contributed by atoms with Gasteiger partial charge in [0.2, 0.25) is 10.0 Å². The van der Waals surface area contributed by atoms with E-state index >= 15 is 0 Å². The van der Waals surface area contributed by atoms with Crippen molar-refractivity contribution in [2.24, 2.45) is 10.2 Å². The van der Waals surface area contributed by atoms with Crippen molar-refractivity contribution in [3.63, 3.8) is 0 Å². The summed E-state index contributed by atoms with van der Waals surface area (Å²) in [6.07, 6.45) is 1.91. The standard InChI is InChI=1S/C30H27N7O5S2/c1-18-3-5-20(6-4-18)26-15-25(19-7-11-22(42-2)12-8-19)35-37(26)27(38)17-43-30-33-28-24(29(39)34-30)16-32-36(28)21-9-13-23(14-10-21)44(31,40)41/h3-14,16,26H,15,17H2,1-2H3,(H2,31,40,41)(H,33,34,39). The van der Waals surface area contributed by atoms with E-state index in [0.717, 1.165) is 39.9 Å². The number of amides is 1. The number of hydrogen-bond donors (Lipinski definition) is 2. The summed E-state index contributed by atoms with van der Waals surface area (Å²) in [5.41, 5.74) is 4.07. The van der Waals surface area contributed by atoms with Crippen LogP contribution in [0.25, 0.3) is 16.7 Å². The second-order valence-electron chi connectivity index (χ2n) is 10.1. The first-order valence-electron chi connectivity index (χ1n) is 13.5. The molecule has 5 aromatic rings. The van der Waals surface area contributed by atoms with E-state index in [-0.39, 0.29) is 38.8 Å². The third-order valence-corrected chi connectivity index (χ3v) is 9.00. The van der Waals surface area contributed by atoms with Crippen molar-refractivity contribution < 1.29 is 17.9 Å². The third-order valence-electron chi connectivity index (χ3n) is 7.21. The first-order valence-corrected chi connectivity index (χ1v) is 16.0. The van der Waals surface area contributed by atoms with Crippen molar-refractivity contribution in [1.82, 2.24) is 24.8 Å². The zero-order valence-electron chi connectivity index (χ0n) is 23.7. The fourth-order valence-electron chi connectivity index (χ4n) is 4.88. The Morgan fingerprint density at radius 1 is 1.07 bits per heavy atom. The second kappa shape index (κ2) is 11.7. The zero-order valence-corrected chi connectivity index (χ0v) is 25.3. The number of carbonyl (C=O) groups excluding carboxylic acids is 1. The minimum atomic E-state index is -3.87. The van der Waals surface area contributed by atoms with E-state index < -0.39 is 15.6 Å². The number of fused-ring (bicyclic) bond motifs is 1. The van der Waals surface area contributed by atoms with Gasteiger partial charge in [0.05, 0.1) is 41.4 Å². The molecule has 3 aromatic carbocycles. The molecule has 0 fully saturated rings. The van der Waals surface area contributed by atoms with Gasteiger partial charge in [-0.15, -0.1) is 0 Å². The Hall–Kier alpha value is -4.79. The fourth-order valence-corrected chi connectivity index (χ4v) is 6.10. The monoisotopic (exact) mass is 629 g/mol. The number of aryl methyl sites for hydroxylation is 1. The number of nitrogens with one attached hydrogen (secondary N) is 1. The average molecular weight is 630 g/mol. The van der Waals surface area contributed by atoms with E-state index in [0.29, 0.717) is 12.1 Å². The molecule has 0 radical (unpaired) electrons. The number of nitrogens with two attached hydrogens (primary N) is 1. The van der Waals surface area contributed by atoms with Gasteiger partial charge in [-0.05, 0) is 66.6 Å². The van der Waals surface area contributed by atoms with Gasteiger partial charge < -0.3 is 9.72 Å². The summed E-state index contributed by atoms with van der Waals surface area (Å²) in [5.74, 6) is 0.443. The number of sulfonamides is 1. The lowest BCUT2D eigenvalue weighted by Gasteiger charge is -2.22. The van der Waals surface area contributed by atoms with Crippen LogP contribution in [0, 0.1) is 6.92 Å². The molecule has 6 rings (SSSR count). The van der Waals surface area contributed by atoms with Crippen LogP contribution in [0.5, 0.6) is 5.75 Å². The van der Waals surface area contributed by atoms with Crippen LogP contribution in [0.3, 0.4) is 0 Å². The van der Waals surface area contributed by atoms with Crippen LogP contribution < -0.4 is 15.4 Å². The molecule has 3 N–H and O–H groups in total. The van der Waals surface area contributed by atoms with Crippen molar-refractivity contribution in [1.29, 1.82) is 0 Å². The van der Waals surface area contributed by atoms with Crippen molar-refractivity contribution >= 4 is 44.4 Å². The highest BCUT2D eigenvalue weighted by molar-refractivity contribution is 7.99. The number of ether oxygens (including phenoxy) is 1. The maximum atomic E-state index is 13.6. The maximum Gasteiger partial charge on any atom is 0.262 e. The van der Waals surface area contributed by atoms with Crippen LogP contribution in [0.1, 0.15) is 29.2 Å². The van der Waals surface area contributed by atoms with E-state index in [1.54, 1.807) is 7.11 Å². The molecular weight excluding hydrogens is 603 g/mol. The molecule has 1 amide bonds. The van der Waals surface area contributed by atoms with Crippen molar-refractivity contribution in [3.8, 4) is 11.4 Å². The summed E-state index contributed by atoms with van der Waals surface area (Å²) < 4.78 is 30.0. The van der Waals surface area contributed by atoms with Crippen molar-refractivity contribution in [3.05, 3.63) is 106 Å². The molecule has 1 atom stereocenters. The number of carbonyl (C=O) groups is 1. The Morgan fingerprint density at radius 3 is 2.43 bits per heavy atom. The normalized spacial score (nSPS) is 15.0. The van der Waals surface area contributed by atoms with Gasteiger partial charge in [0.25, 0.3) is 11.5 Å². The molecule has 0 saturated carbocycles. The Morgan fingerprint density at radius 2 is 1.77 bits per heavy atom. The lowest BCUT2D eigenvalue weighted by atomic mass is 9.97. The Bertz CT molecular complexity index is 2050. The number of benzene rings is 3. The average Bonchev–Trinajstić information content (AvgIpc) is 3.66. The van der Waals surface area contributed by atoms with Gasteiger partial charge >= 0.3 is 0 Å². The molecule has 44 heavy (non-hydrogen) atoms. The number of rotatable bonds is 8. The number of methoxy groups -OCH3 is 1. The number of thioether (sulfide) groups is 1. The molecule has 12 nitrogen and oxygen atoms in total. The van der Waals surface area contributed by atoms with E-state index in [1.165, 1.54) is 40.2 Å². The Kier molecular flexibility index (Phi) is 7.80. The predicted molar refractivity (Wildman–Crippen MR) is 166 cm³/mol. The van der Waals surface area contributed by atoms with E-state index in [2.05, 4.69) is 15.1 Å². The highest BCUT2D eigenvalue weighted by Crippen LogP contribution is 2.34. The van der Waals surface area contributed by atoms with Gasteiger partial charge in [-0.2, -0.15) is 10.2 Å². The predicted octanol–water partition coefficient (Wildman–Crippen LogP) is 3.54. The molecule has 0 spiro atoms. The van der Waals surface area contributed by atoms with Crippen LogP contribution in [0.15, 0.2) is 98.9 Å². The number of hydrogen-bond acceptors (Lipinski definition) is 9. The van der Waals surface area contributed by atoms with Crippen molar-refractivity contribution in [2.75, 3.05) is 12.9 Å². The molecule has 1 unspecified atom stereocenters. The first kappa shape index (κ1) is 29.3. The number of primary sulfonamides is 1. The highest BCUT2D eigenvalue weighted by Gasteiger charge is 2.33. The quantitative estimate of drug-likeness (QED) is 0.194. The Balaban J connectivity index is 1.26. The van der Waals surface area contributed by atoms with Crippen LogP contribution in [0.2, 0.25) is 0 Å². The van der Waals surface area contributed by atoms with Gasteiger partial charge in [0.15, 0.2) is 10.8 Å².